The lowest BCUT2D eigenvalue weighted by Gasteiger charge is -2.19. The number of rotatable bonds is 8. The van der Waals surface area contributed by atoms with Crippen molar-refractivity contribution in [3.05, 3.63) is 58.7 Å². The molecule has 2 aliphatic carbocycles. The fourth-order valence-corrected chi connectivity index (χ4v) is 4.74. The number of nitrogens with one attached hydrogen (secondary N) is 2. The van der Waals surface area contributed by atoms with Gasteiger partial charge in [-0.15, -0.1) is 0 Å². The number of ketones is 6. The Morgan fingerprint density at radius 2 is 0.911 bits per heavy atom. The van der Waals surface area contributed by atoms with Gasteiger partial charge in [-0.1, -0.05) is 0 Å². The Morgan fingerprint density at radius 1 is 0.578 bits per heavy atom. The Morgan fingerprint density at radius 3 is 1.24 bits per heavy atom. The maximum atomic E-state index is 13.0. The number of alkyl carbamates (subject to hydrolysis) is 2. The molecule has 0 spiro atoms. The second-order valence-corrected chi connectivity index (χ2v) is 12.5. The molecule has 2 amide bonds. The number of carbonyl (C=O) groups is 8. The van der Waals surface area contributed by atoms with E-state index >= 15 is 0 Å². The summed E-state index contributed by atoms with van der Waals surface area (Å²) in [6.45, 7) is 8.67. The molecule has 0 aromatic heterocycles. The highest BCUT2D eigenvalue weighted by Crippen LogP contribution is 2.35. The summed E-state index contributed by atoms with van der Waals surface area (Å²) in [7, 11) is 0. The topological polar surface area (TPSA) is 188 Å². The van der Waals surface area contributed by atoms with Crippen LogP contribution < -0.4 is 15.4 Å². The summed E-state index contributed by atoms with van der Waals surface area (Å²) in [5, 5.41) is 4.50. The van der Waals surface area contributed by atoms with Gasteiger partial charge in [-0.3, -0.25) is 28.8 Å². The minimum atomic E-state index is -1.63. The van der Waals surface area contributed by atoms with Crippen molar-refractivity contribution < 1.29 is 52.6 Å². The number of Topliss-reactive ketones (excluding diaryl/α,β-unsaturated/α-hetero) is 6. The molecule has 0 saturated carbocycles. The minimum Gasteiger partial charge on any atom is -0.457 e. The first-order valence-corrected chi connectivity index (χ1v) is 14.0. The molecule has 4 rings (SSSR count). The quantitative estimate of drug-likeness (QED) is 0.410. The van der Waals surface area contributed by atoms with E-state index in [1.165, 1.54) is 36.4 Å². The first-order chi connectivity index (χ1) is 20.9. The van der Waals surface area contributed by atoms with E-state index in [4.69, 9.17) is 14.2 Å². The van der Waals surface area contributed by atoms with E-state index in [9.17, 15) is 38.4 Å². The average Bonchev–Trinajstić information content (AvgIpc) is 3.32. The smallest absolute Gasteiger partial charge is 0.408 e. The second kappa shape index (κ2) is 12.1. The lowest BCUT2D eigenvalue weighted by molar-refractivity contribution is -0.120. The predicted octanol–water partition coefficient (Wildman–Crippen LogP) is 3.66. The van der Waals surface area contributed by atoms with Crippen LogP contribution in [-0.2, 0) is 19.1 Å². The molecule has 2 aliphatic rings. The van der Waals surface area contributed by atoms with Crippen LogP contribution in [0.5, 0.6) is 11.5 Å². The summed E-state index contributed by atoms with van der Waals surface area (Å²) >= 11 is 0. The number of carbonyl (C=O) groups excluding carboxylic acids is 8. The SMILES string of the molecule is CC(C)(C)OC(=O)NCC(=O)C1C(=O)c2ccc(Oc3ccc4c(c3)C(=O)C(C(=O)CNC(=O)OC(C)(C)C)C4=O)cc2C1=O. The minimum absolute atomic E-state index is 0.0130. The molecule has 2 aromatic carbocycles. The summed E-state index contributed by atoms with van der Waals surface area (Å²) in [4.78, 5) is 101. The first-order valence-electron chi connectivity index (χ1n) is 14.0. The number of fused-ring (bicyclic) bond motifs is 2. The molecule has 2 aromatic rings. The highest BCUT2D eigenvalue weighted by molar-refractivity contribution is 6.36. The molecule has 236 valence electrons. The van der Waals surface area contributed by atoms with Crippen LogP contribution in [0.2, 0.25) is 0 Å². The number of amides is 2. The Hall–Kier alpha value is -5.20. The van der Waals surface area contributed by atoms with Gasteiger partial charge >= 0.3 is 12.2 Å². The van der Waals surface area contributed by atoms with Gasteiger partial charge in [0.05, 0.1) is 13.1 Å². The summed E-state index contributed by atoms with van der Waals surface area (Å²) in [5.41, 5.74) is -1.69. The van der Waals surface area contributed by atoms with Crippen molar-refractivity contribution in [3.8, 4) is 11.5 Å². The maximum absolute atomic E-state index is 13.0. The average molecular weight is 621 g/mol. The van der Waals surface area contributed by atoms with Crippen molar-refractivity contribution in [2.24, 2.45) is 11.8 Å². The molecule has 2 unspecified atom stereocenters. The third-order valence-electron chi connectivity index (χ3n) is 6.58. The van der Waals surface area contributed by atoms with Crippen LogP contribution in [0.25, 0.3) is 0 Å². The number of hydrogen-bond donors (Lipinski definition) is 2. The molecule has 13 nitrogen and oxygen atoms in total. The van der Waals surface area contributed by atoms with Crippen LogP contribution in [0.15, 0.2) is 36.4 Å². The summed E-state index contributed by atoms with van der Waals surface area (Å²) < 4.78 is 15.9. The Balaban J connectivity index is 1.43. The van der Waals surface area contributed by atoms with Crippen LogP contribution in [0.4, 0.5) is 9.59 Å². The monoisotopic (exact) mass is 620 g/mol. The van der Waals surface area contributed by atoms with Crippen molar-refractivity contribution in [1.82, 2.24) is 10.6 Å². The van der Waals surface area contributed by atoms with Gasteiger partial charge in [0.1, 0.15) is 34.5 Å². The van der Waals surface area contributed by atoms with Gasteiger partial charge < -0.3 is 24.8 Å². The summed E-state index contributed by atoms with van der Waals surface area (Å²) in [6.07, 6.45) is -1.74. The fraction of sp³-hybridized carbons (Fsp3) is 0.375. The van der Waals surface area contributed by atoms with E-state index in [1.807, 2.05) is 0 Å². The van der Waals surface area contributed by atoms with Gasteiger partial charge in [-0.25, -0.2) is 9.59 Å². The zero-order chi connectivity index (χ0) is 33.4. The summed E-state index contributed by atoms with van der Waals surface area (Å²) in [5.74, 6) is -7.61. The standard InChI is InChI=1S/C32H32N2O11/c1-31(2,3)44-29(41)33-13-21(35)23-25(37)17-9-7-15(11-19(17)27(23)39)43-16-8-10-18-20(12-16)28(40)24(26(18)38)22(36)14-34-30(42)45-32(4,5)6/h7-12,23-24H,13-14H2,1-6H3,(H,33,41)(H,34,42). The predicted molar refractivity (Wildman–Crippen MR) is 156 cm³/mol. The second-order valence-electron chi connectivity index (χ2n) is 12.5. The van der Waals surface area contributed by atoms with Gasteiger partial charge in [0, 0.05) is 22.3 Å². The van der Waals surface area contributed by atoms with Crippen molar-refractivity contribution in [1.29, 1.82) is 0 Å². The van der Waals surface area contributed by atoms with Gasteiger partial charge in [0.25, 0.3) is 0 Å². The van der Waals surface area contributed by atoms with Gasteiger partial charge in [0.15, 0.2) is 34.7 Å². The molecular weight excluding hydrogens is 588 g/mol. The van der Waals surface area contributed by atoms with E-state index in [0.29, 0.717) is 0 Å². The number of hydrogen-bond acceptors (Lipinski definition) is 11. The Kier molecular flexibility index (Phi) is 8.77. The first kappa shape index (κ1) is 32.7. The van der Waals surface area contributed by atoms with E-state index in [1.54, 1.807) is 41.5 Å². The third-order valence-corrected chi connectivity index (χ3v) is 6.58. The molecule has 0 radical (unpaired) electrons. The number of ether oxygens (including phenoxy) is 3. The molecular formula is C32H32N2O11. The van der Waals surface area contributed by atoms with E-state index in [0.717, 1.165) is 0 Å². The normalized spacial score (nSPS) is 17.4. The third kappa shape index (κ3) is 7.31. The molecule has 0 heterocycles. The lowest BCUT2D eigenvalue weighted by Crippen LogP contribution is -2.39. The Bertz CT molecular complexity index is 1540. The highest BCUT2D eigenvalue weighted by atomic mass is 16.6. The van der Waals surface area contributed by atoms with Crippen LogP contribution >= 0.6 is 0 Å². The van der Waals surface area contributed by atoms with Crippen molar-refractivity contribution in [3.63, 3.8) is 0 Å². The van der Waals surface area contributed by atoms with Crippen molar-refractivity contribution >= 4 is 46.9 Å². The molecule has 45 heavy (non-hydrogen) atoms. The van der Waals surface area contributed by atoms with Crippen molar-refractivity contribution in [2.75, 3.05) is 13.1 Å². The van der Waals surface area contributed by atoms with Crippen LogP contribution in [0.3, 0.4) is 0 Å². The fourth-order valence-electron chi connectivity index (χ4n) is 4.74. The molecule has 2 atom stereocenters. The lowest BCUT2D eigenvalue weighted by atomic mass is 9.98. The maximum Gasteiger partial charge on any atom is 0.408 e. The molecule has 0 bridgehead atoms. The van der Waals surface area contributed by atoms with E-state index < -0.39 is 83.0 Å². The van der Waals surface area contributed by atoms with Crippen LogP contribution in [0.1, 0.15) is 83.0 Å². The Labute approximate surface area is 258 Å². The molecule has 0 fully saturated rings. The number of benzene rings is 2. The van der Waals surface area contributed by atoms with Gasteiger partial charge in [0.2, 0.25) is 0 Å². The molecule has 2 N–H and O–H groups in total. The summed E-state index contributed by atoms with van der Waals surface area (Å²) in [6, 6.07) is 8.00. The zero-order valence-electron chi connectivity index (χ0n) is 25.5. The van der Waals surface area contributed by atoms with Gasteiger partial charge in [-0.2, -0.15) is 0 Å². The molecule has 0 aliphatic heterocycles. The van der Waals surface area contributed by atoms with E-state index in [-0.39, 0.29) is 33.8 Å². The van der Waals surface area contributed by atoms with E-state index in [2.05, 4.69) is 10.6 Å². The molecule has 13 heteroatoms. The van der Waals surface area contributed by atoms with Crippen molar-refractivity contribution in [2.45, 2.75) is 52.7 Å². The van der Waals surface area contributed by atoms with Crippen LogP contribution in [0, 0.1) is 11.8 Å². The largest absolute Gasteiger partial charge is 0.457 e. The van der Waals surface area contributed by atoms with Gasteiger partial charge in [-0.05, 0) is 77.9 Å². The highest BCUT2D eigenvalue weighted by Gasteiger charge is 2.44. The zero-order valence-corrected chi connectivity index (χ0v) is 25.5. The van der Waals surface area contributed by atoms with Crippen LogP contribution in [-0.4, -0.2) is 71.2 Å². The molecule has 0 saturated heterocycles.